The van der Waals surface area contributed by atoms with E-state index in [2.05, 4.69) is 32.6 Å². The lowest BCUT2D eigenvalue weighted by molar-refractivity contribution is 0.502. The van der Waals surface area contributed by atoms with Gasteiger partial charge in [-0.15, -0.1) is 11.3 Å². The maximum Gasteiger partial charge on any atom is 0.207 e. The minimum Gasteiger partial charge on any atom is -0.357 e. The van der Waals surface area contributed by atoms with Crippen LogP contribution >= 0.6 is 33.9 Å². The maximum absolute atomic E-state index is 8.38. The molecule has 0 bridgehead atoms. The average molecular weight is 320 g/mol. The highest BCUT2D eigenvalue weighted by molar-refractivity contribution is 14.1. The molecule has 74 valence electrons. The number of aromatic nitrogens is 1. The molecule has 0 N–H and O–H groups in total. The molecule has 0 unspecified atom stereocenters. The van der Waals surface area contributed by atoms with Gasteiger partial charge >= 0.3 is 0 Å². The van der Waals surface area contributed by atoms with E-state index in [0.717, 1.165) is 15.4 Å². The van der Waals surface area contributed by atoms with E-state index < -0.39 is 0 Å². The second kappa shape index (κ2) is 5.26. The van der Waals surface area contributed by atoms with E-state index in [-0.39, 0.29) is 0 Å². The molecule has 0 aliphatic carbocycles. The van der Waals surface area contributed by atoms with E-state index in [4.69, 9.17) is 5.26 Å². The van der Waals surface area contributed by atoms with Gasteiger partial charge in [0.2, 0.25) is 6.19 Å². The molecule has 0 spiro atoms. The third-order valence-corrected chi connectivity index (χ3v) is 3.39. The van der Waals surface area contributed by atoms with E-state index in [1.807, 2.05) is 25.1 Å². The molecule has 0 fully saturated rings. The number of thiazole rings is 1. The van der Waals surface area contributed by atoms with Gasteiger partial charge in [-0.25, -0.2) is 4.98 Å². The third kappa shape index (κ3) is 3.23. The summed E-state index contributed by atoms with van der Waals surface area (Å²) in [5.74, 6) is 0.718. The molecule has 0 aliphatic rings. The predicted molar refractivity (Wildman–Crippen MR) is 65.0 cm³/mol. The third-order valence-electron chi connectivity index (χ3n) is 1.68. The van der Waals surface area contributed by atoms with Crippen molar-refractivity contribution < 1.29 is 0 Å². The molecule has 0 radical (unpaired) electrons. The molecular formula is C8H9IN4S. The molecule has 1 aromatic rings. The minimum atomic E-state index is 0.718. The summed E-state index contributed by atoms with van der Waals surface area (Å²) in [5.41, 5.74) is 0. The van der Waals surface area contributed by atoms with Crippen LogP contribution in [0.25, 0.3) is 0 Å². The SMILES string of the molecule is C/C(=N\C#N)N(C)Cc1cnc(I)s1. The van der Waals surface area contributed by atoms with E-state index in [1.165, 1.54) is 4.88 Å². The minimum absolute atomic E-state index is 0.718. The van der Waals surface area contributed by atoms with Gasteiger partial charge in [0.1, 0.15) is 5.84 Å². The highest BCUT2D eigenvalue weighted by atomic mass is 127. The Morgan fingerprint density at radius 3 is 3.07 bits per heavy atom. The number of hydrogen-bond acceptors (Lipinski definition) is 4. The van der Waals surface area contributed by atoms with Crippen molar-refractivity contribution in [2.75, 3.05) is 7.05 Å². The lowest BCUT2D eigenvalue weighted by atomic mass is 10.4. The number of nitriles is 1. The van der Waals surface area contributed by atoms with Crippen LogP contribution in [0.4, 0.5) is 0 Å². The lowest BCUT2D eigenvalue weighted by Crippen LogP contribution is -2.22. The highest BCUT2D eigenvalue weighted by Gasteiger charge is 2.04. The van der Waals surface area contributed by atoms with E-state index >= 15 is 0 Å². The Bertz CT molecular complexity index is 379. The van der Waals surface area contributed by atoms with Crippen LogP contribution in [-0.4, -0.2) is 22.8 Å². The van der Waals surface area contributed by atoms with Crippen LogP contribution in [0, 0.1) is 14.5 Å². The predicted octanol–water partition coefficient (Wildman–Crippen LogP) is 2.08. The number of nitrogens with zero attached hydrogens (tertiary/aromatic N) is 4. The van der Waals surface area contributed by atoms with Crippen molar-refractivity contribution in [3.8, 4) is 6.19 Å². The summed E-state index contributed by atoms with van der Waals surface area (Å²) in [6, 6.07) is 0. The zero-order valence-electron chi connectivity index (χ0n) is 7.86. The summed E-state index contributed by atoms with van der Waals surface area (Å²) in [5, 5.41) is 8.38. The second-order valence-electron chi connectivity index (χ2n) is 2.69. The number of aliphatic imine (C=N–C) groups is 1. The fourth-order valence-corrected chi connectivity index (χ4v) is 2.54. The molecule has 4 nitrogen and oxygen atoms in total. The largest absolute Gasteiger partial charge is 0.357 e. The van der Waals surface area contributed by atoms with Gasteiger partial charge in [0.05, 0.1) is 6.54 Å². The van der Waals surface area contributed by atoms with Crippen molar-refractivity contribution in [1.82, 2.24) is 9.88 Å². The molecule has 0 aliphatic heterocycles. The standard InChI is InChI=1S/C8H9IN4S/c1-6(12-5-10)13(2)4-7-3-11-8(9)14-7/h3H,4H2,1-2H3/b12-6+. The molecule has 1 heterocycles. The van der Waals surface area contributed by atoms with Gasteiger partial charge in [-0.2, -0.15) is 10.3 Å². The topological polar surface area (TPSA) is 52.3 Å². The Balaban J connectivity index is 2.62. The van der Waals surface area contributed by atoms with Crippen LogP contribution in [0.1, 0.15) is 11.8 Å². The van der Waals surface area contributed by atoms with Crippen molar-refractivity contribution in [3.05, 3.63) is 14.1 Å². The first-order valence-corrected chi connectivity index (χ1v) is 5.77. The van der Waals surface area contributed by atoms with Crippen molar-refractivity contribution in [2.45, 2.75) is 13.5 Å². The monoisotopic (exact) mass is 320 g/mol. The number of halogens is 1. The van der Waals surface area contributed by atoms with Crippen molar-refractivity contribution in [3.63, 3.8) is 0 Å². The molecule has 1 aromatic heterocycles. The van der Waals surface area contributed by atoms with Crippen molar-refractivity contribution in [2.24, 2.45) is 4.99 Å². The van der Waals surface area contributed by atoms with E-state index in [1.54, 1.807) is 17.5 Å². The molecule has 6 heteroatoms. The van der Waals surface area contributed by atoms with Gasteiger partial charge in [0, 0.05) is 18.1 Å². The fraction of sp³-hybridized carbons (Fsp3) is 0.375. The second-order valence-corrected chi connectivity index (χ2v) is 5.56. The first-order chi connectivity index (χ1) is 6.63. The van der Waals surface area contributed by atoms with Gasteiger partial charge in [0.25, 0.3) is 0 Å². The Kier molecular flexibility index (Phi) is 4.28. The summed E-state index contributed by atoms with van der Waals surface area (Å²) in [7, 11) is 1.91. The van der Waals surface area contributed by atoms with Crippen LogP contribution < -0.4 is 0 Å². The molecule has 1 rings (SSSR count). The number of rotatable bonds is 2. The summed E-state index contributed by atoms with van der Waals surface area (Å²) in [4.78, 5) is 10.9. The lowest BCUT2D eigenvalue weighted by Gasteiger charge is -2.15. The molecule has 0 amide bonds. The average Bonchev–Trinajstić information content (AvgIpc) is 2.51. The summed E-state index contributed by atoms with van der Waals surface area (Å²) < 4.78 is 1.03. The van der Waals surface area contributed by atoms with Crippen LogP contribution in [0.2, 0.25) is 0 Å². The van der Waals surface area contributed by atoms with E-state index in [0.29, 0.717) is 0 Å². The van der Waals surface area contributed by atoms with Gasteiger partial charge in [-0.05, 0) is 29.5 Å². The molecule has 0 aromatic carbocycles. The summed E-state index contributed by atoms with van der Waals surface area (Å²) >= 11 is 3.84. The Labute approximate surface area is 100 Å². The summed E-state index contributed by atoms with van der Waals surface area (Å²) in [6.45, 7) is 2.56. The normalized spacial score (nSPS) is 11.1. The molecule has 0 saturated heterocycles. The van der Waals surface area contributed by atoms with Crippen LogP contribution in [0.15, 0.2) is 11.2 Å². The first-order valence-electron chi connectivity index (χ1n) is 3.88. The Hall–Kier alpha value is -0.680. The Morgan fingerprint density at radius 2 is 2.57 bits per heavy atom. The maximum atomic E-state index is 8.38. The zero-order chi connectivity index (χ0) is 10.6. The van der Waals surface area contributed by atoms with Crippen molar-refractivity contribution in [1.29, 1.82) is 5.26 Å². The van der Waals surface area contributed by atoms with Crippen LogP contribution in [-0.2, 0) is 6.54 Å². The molecule has 0 saturated carbocycles. The van der Waals surface area contributed by atoms with Crippen molar-refractivity contribution >= 4 is 39.8 Å². The number of amidine groups is 1. The zero-order valence-corrected chi connectivity index (χ0v) is 10.8. The highest BCUT2D eigenvalue weighted by Crippen LogP contribution is 2.16. The number of hydrogen-bond donors (Lipinski definition) is 0. The molecular weight excluding hydrogens is 311 g/mol. The fourth-order valence-electron chi connectivity index (χ4n) is 0.863. The van der Waals surface area contributed by atoms with Crippen LogP contribution in [0.5, 0.6) is 0 Å². The smallest absolute Gasteiger partial charge is 0.207 e. The Morgan fingerprint density at radius 1 is 1.86 bits per heavy atom. The van der Waals surface area contributed by atoms with Gasteiger partial charge < -0.3 is 4.90 Å². The summed E-state index contributed by atoms with van der Waals surface area (Å²) in [6.07, 6.45) is 3.62. The molecule has 14 heavy (non-hydrogen) atoms. The van der Waals surface area contributed by atoms with Gasteiger partial charge in [-0.3, -0.25) is 0 Å². The molecule has 0 atom stereocenters. The quantitative estimate of drug-likeness (QED) is 0.363. The van der Waals surface area contributed by atoms with Gasteiger partial charge in [0.15, 0.2) is 3.01 Å². The van der Waals surface area contributed by atoms with Crippen LogP contribution in [0.3, 0.4) is 0 Å². The van der Waals surface area contributed by atoms with E-state index in [9.17, 15) is 0 Å². The van der Waals surface area contributed by atoms with Gasteiger partial charge in [-0.1, -0.05) is 0 Å². The first kappa shape index (κ1) is 11.4.